The van der Waals surface area contributed by atoms with Crippen LogP contribution < -0.4 is 21.2 Å². The second-order valence-corrected chi connectivity index (χ2v) is 19.8. The summed E-state index contributed by atoms with van der Waals surface area (Å²) in [5.41, 5.74) is 9.24. The second-order valence-electron chi connectivity index (χ2n) is 14.6. The van der Waals surface area contributed by atoms with Gasteiger partial charge in [-0.15, -0.1) is 23.3 Å². The minimum Gasteiger partial charge on any atom is -0.366 e. The van der Waals surface area contributed by atoms with Gasteiger partial charge in [-0.25, -0.2) is 0 Å². The van der Waals surface area contributed by atoms with Crippen LogP contribution in [0.25, 0.3) is 32.9 Å². The van der Waals surface area contributed by atoms with E-state index in [2.05, 4.69) is 193 Å². The average Bonchev–Trinajstić information content (AvgIpc) is 3.84. The van der Waals surface area contributed by atoms with E-state index in [0.717, 1.165) is 28.5 Å². The molecule has 0 saturated carbocycles. The van der Waals surface area contributed by atoms with Crippen molar-refractivity contribution in [2.45, 2.75) is 6.42 Å². The molecular formula is C56H45Au2NP2+2. The molecule has 8 aromatic carbocycles. The fourth-order valence-electron chi connectivity index (χ4n) is 8.33. The number of para-hydroxylation sites is 1. The minimum atomic E-state index is -0.783. The van der Waals surface area contributed by atoms with Gasteiger partial charge in [-0.05, 0) is 83.6 Å². The predicted molar refractivity (Wildman–Crippen MR) is 258 cm³/mol. The van der Waals surface area contributed by atoms with E-state index in [1.807, 2.05) is 36.4 Å². The number of rotatable bonds is 7. The van der Waals surface area contributed by atoms with Gasteiger partial charge in [0.15, 0.2) is 0 Å². The molecule has 0 fully saturated rings. The van der Waals surface area contributed by atoms with Crippen LogP contribution in [0.2, 0.25) is 0 Å². The van der Waals surface area contributed by atoms with Gasteiger partial charge >= 0.3 is 44.8 Å². The Labute approximate surface area is 395 Å². The topological polar surface area (TPSA) is 4.93 Å². The van der Waals surface area contributed by atoms with Crippen molar-refractivity contribution in [1.82, 2.24) is 4.57 Å². The number of aromatic nitrogens is 1. The van der Waals surface area contributed by atoms with Gasteiger partial charge in [0, 0.05) is 18.1 Å². The van der Waals surface area contributed by atoms with Crippen molar-refractivity contribution in [1.29, 1.82) is 0 Å². The Morgan fingerprint density at radius 2 is 0.852 bits per heavy atom. The van der Waals surface area contributed by atoms with Gasteiger partial charge in [0.1, 0.15) is 12.3 Å². The molecule has 1 aliphatic carbocycles. The molecule has 1 nitrogen and oxygen atoms in total. The number of nitrogens with zero attached hydrogens (tertiary/aromatic N) is 1. The first-order valence-electron chi connectivity index (χ1n) is 20.1. The monoisotopic (exact) mass is 1190 g/mol. The van der Waals surface area contributed by atoms with Crippen LogP contribution in [0.5, 0.6) is 0 Å². The SMILES string of the molecule is [Au+].[Au+].[C-]#Cc1cccc2c1-c1ccccc1C2.[C-]#Cc1cccc2c1c1ccccc1n2C.c1ccc([PH+](CC[PH+](c2ccccc2)c2ccccc2)c2ccccc2)cc1. The van der Waals surface area contributed by atoms with E-state index < -0.39 is 15.8 Å². The number of benzene rings is 8. The third kappa shape index (κ3) is 10.4. The molecule has 0 aliphatic heterocycles. The van der Waals surface area contributed by atoms with E-state index >= 15 is 0 Å². The molecule has 304 valence electrons. The Kier molecular flexibility index (Phi) is 16.6. The first kappa shape index (κ1) is 45.5. The molecule has 1 heterocycles. The Morgan fingerprint density at radius 1 is 0.443 bits per heavy atom. The number of hydrogen-bond donors (Lipinski definition) is 0. The molecule has 5 heteroatoms. The fourth-order valence-corrected chi connectivity index (χ4v) is 14.5. The van der Waals surface area contributed by atoms with Crippen LogP contribution in [0.3, 0.4) is 0 Å². The van der Waals surface area contributed by atoms with E-state index in [-0.39, 0.29) is 44.8 Å². The Balaban J connectivity index is 0.000000161. The Morgan fingerprint density at radius 3 is 1.38 bits per heavy atom. The second kappa shape index (κ2) is 22.2. The van der Waals surface area contributed by atoms with Crippen LogP contribution in [-0.2, 0) is 58.2 Å². The van der Waals surface area contributed by atoms with Gasteiger partial charge in [-0.3, -0.25) is 11.8 Å². The van der Waals surface area contributed by atoms with Gasteiger partial charge in [0.25, 0.3) is 0 Å². The van der Waals surface area contributed by atoms with Gasteiger partial charge in [0.2, 0.25) is 0 Å². The van der Waals surface area contributed by atoms with E-state index in [1.165, 1.54) is 66.7 Å². The maximum atomic E-state index is 7.35. The average molecular weight is 1190 g/mol. The van der Waals surface area contributed by atoms with Gasteiger partial charge in [-0.1, -0.05) is 150 Å². The maximum Gasteiger partial charge on any atom is 1.00 e. The summed E-state index contributed by atoms with van der Waals surface area (Å²) in [5, 5.41) is 8.37. The van der Waals surface area contributed by atoms with Crippen molar-refractivity contribution in [3.63, 3.8) is 0 Å². The number of hydrogen-bond acceptors (Lipinski definition) is 0. The molecule has 0 radical (unpaired) electrons. The summed E-state index contributed by atoms with van der Waals surface area (Å²) < 4.78 is 2.16. The molecule has 0 spiro atoms. The maximum absolute atomic E-state index is 7.35. The molecule has 0 N–H and O–H groups in total. The van der Waals surface area contributed by atoms with Crippen molar-refractivity contribution < 1.29 is 44.8 Å². The zero-order valence-corrected chi connectivity index (χ0v) is 40.1. The van der Waals surface area contributed by atoms with Crippen molar-refractivity contribution in [2.24, 2.45) is 7.05 Å². The molecule has 10 rings (SSSR count). The smallest absolute Gasteiger partial charge is 0.366 e. The Bertz CT molecular complexity index is 2730. The van der Waals surface area contributed by atoms with Crippen LogP contribution in [0, 0.1) is 24.7 Å². The van der Waals surface area contributed by atoms with Gasteiger partial charge in [0.05, 0.1) is 37.1 Å². The van der Waals surface area contributed by atoms with Crippen molar-refractivity contribution in [2.75, 3.05) is 12.3 Å². The summed E-state index contributed by atoms with van der Waals surface area (Å²) in [7, 11) is 0.487. The van der Waals surface area contributed by atoms with Crippen LogP contribution in [-0.4, -0.2) is 16.9 Å². The van der Waals surface area contributed by atoms with Crippen LogP contribution in [0.1, 0.15) is 22.3 Å². The molecular weight excluding hydrogens is 1140 g/mol. The van der Waals surface area contributed by atoms with E-state index in [4.69, 9.17) is 12.8 Å². The Hall–Kier alpha value is -4.98. The molecule has 1 aliphatic rings. The normalized spacial score (nSPS) is 10.8. The third-order valence-corrected chi connectivity index (χ3v) is 17.3. The first-order valence-corrected chi connectivity index (χ1v) is 23.5. The first-order chi connectivity index (χ1) is 29.1. The molecule has 61 heavy (non-hydrogen) atoms. The molecule has 1 aromatic heterocycles. The quantitative estimate of drug-likeness (QED) is 0.0649. The van der Waals surface area contributed by atoms with E-state index in [1.54, 1.807) is 0 Å². The van der Waals surface area contributed by atoms with E-state index in [0.29, 0.717) is 0 Å². The van der Waals surface area contributed by atoms with Gasteiger partial charge < -0.3 is 17.4 Å². The zero-order chi connectivity index (χ0) is 40.4. The van der Waals surface area contributed by atoms with E-state index in [9.17, 15) is 0 Å². The molecule has 0 saturated heterocycles. The van der Waals surface area contributed by atoms with Crippen molar-refractivity contribution in [3.8, 4) is 23.0 Å². The summed E-state index contributed by atoms with van der Waals surface area (Å²) in [6.07, 6.45) is 18.2. The zero-order valence-electron chi connectivity index (χ0n) is 33.8. The minimum absolute atomic E-state index is 0. The summed E-state index contributed by atoms with van der Waals surface area (Å²) in [6, 6.07) is 73.2. The standard InChI is InChI=1S/C26H24P2.C15H10N.C15H9.2Au/c1-5-13-23(14-6-1)27(24-15-7-2-8-16-24)21-22-28(25-17-9-3-10-18-25)26-19-11-4-12-20-26;1-3-11-7-6-10-14-15(11)12-8-4-5-9-13(12)16(14)2;1-2-11-7-5-8-13-10-12-6-3-4-9-14(12)15(11)13;;/h1-20H,21-22H2;4-10H,2H3;3-9H,10H2;;/q;2*-1;2*+1/p+2. The van der Waals surface area contributed by atoms with Gasteiger partial charge in [-0.2, -0.15) is 0 Å². The van der Waals surface area contributed by atoms with Crippen molar-refractivity contribution >= 4 is 58.9 Å². The number of fused-ring (bicyclic) bond motifs is 6. The summed E-state index contributed by atoms with van der Waals surface area (Å²) in [6.45, 7) is 0. The third-order valence-electron chi connectivity index (χ3n) is 11.1. The summed E-state index contributed by atoms with van der Waals surface area (Å²) in [4.78, 5) is 0. The molecule has 0 unspecified atom stereocenters. The molecule has 0 bridgehead atoms. The van der Waals surface area contributed by atoms with Crippen LogP contribution in [0.4, 0.5) is 0 Å². The largest absolute Gasteiger partial charge is 1.00 e. The molecule has 9 aromatic rings. The van der Waals surface area contributed by atoms with Crippen LogP contribution in [0.15, 0.2) is 206 Å². The fraction of sp³-hybridized carbons (Fsp3) is 0.0714. The van der Waals surface area contributed by atoms with Crippen molar-refractivity contribution in [3.05, 3.63) is 241 Å². The molecule has 0 amide bonds. The summed E-state index contributed by atoms with van der Waals surface area (Å²) in [5.74, 6) is 5.03. The molecule has 0 atom stereocenters. The van der Waals surface area contributed by atoms with Crippen LogP contribution >= 0.6 is 15.8 Å². The number of aryl methyl sites for hydroxylation is 1. The predicted octanol–water partition coefficient (Wildman–Crippen LogP) is 11.2. The summed E-state index contributed by atoms with van der Waals surface area (Å²) >= 11 is 0.